The molecule has 74 valence electrons. The summed E-state index contributed by atoms with van der Waals surface area (Å²) in [5.74, 6) is 2.30. The van der Waals surface area contributed by atoms with Gasteiger partial charge in [-0.1, -0.05) is 6.08 Å². The Kier molecular flexibility index (Phi) is 4.43. The van der Waals surface area contributed by atoms with Crippen molar-refractivity contribution in [3.63, 3.8) is 0 Å². The van der Waals surface area contributed by atoms with Gasteiger partial charge in [0.15, 0.2) is 0 Å². The second-order valence-electron chi connectivity index (χ2n) is 3.25. The second-order valence-corrected chi connectivity index (χ2v) is 5.42. The predicted molar refractivity (Wildman–Crippen MR) is 53.3 cm³/mol. The molecule has 4 heteroatoms. The van der Waals surface area contributed by atoms with Gasteiger partial charge in [-0.25, -0.2) is 0 Å². The summed E-state index contributed by atoms with van der Waals surface area (Å²) in [5, 5.41) is -1.10. The maximum atomic E-state index is 11.1. The predicted octanol–water partition coefficient (Wildman–Crippen LogP) is 1.91. The summed E-state index contributed by atoms with van der Waals surface area (Å²) in [5.41, 5.74) is 0. The molecule has 0 aliphatic heterocycles. The highest BCUT2D eigenvalue weighted by molar-refractivity contribution is 7.53. The fourth-order valence-electron chi connectivity index (χ4n) is 0.970. The zero-order chi connectivity index (χ0) is 10.5. The summed E-state index contributed by atoms with van der Waals surface area (Å²) < 4.78 is 11.1. The van der Waals surface area contributed by atoms with Gasteiger partial charge in [0.25, 0.3) is 0 Å². The van der Waals surface area contributed by atoms with Crippen LogP contribution >= 0.6 is 7.60 Å². The maximum Gasteiger partial charge on any atom is 0.332 e. The summed E-state index contributed by atoms with van der Waals surface area (Å²) in [6, 6.07) is 0. The Morgan fingerprint density at radius 1 is 1.69 bits per heavy atom. The van der Waals surface area contributed by atoms with Crippen LogP contribution in [0.2, 0.25) is 0 Å². The molecule has 0 spiro atoms. The Morgan fingerprint density at radius 3 is 2.54 bits per heavy atom. The first-order valence-corrected chi connectivity index (χ1v) is 5.58. The van der Waals surface area contributed by atoms with E-state index in [9.17, 15) is 4.57 Å². The van der Waals surface area contributed by atoms with Crippen molar-refractivity contribution in [2.45, 2.75) is 31.3 Å². The van der Waals surface area contributed by atoms with Crippen LogP contribution in [0.1, 0.15) is 26.2 Å². The standard InChI is InChI=1S/C9H15O3P/c1-4-6-8-9(3,7-5-2)13(10,11)12/h2,4H,1,6-8H2,3H3,(H2,10,11,12). The summed E-state index contributed by atoms with van der Waals surface area (Å²) in [4.78, 5) is 18.2. The Morgan fingerprint density at radius 2 is 2.23 bits per heavy atom. The number of hydrogen-bond donors (Lipinski definition) is 2. The first-order chi connectivity index (χ1) is 5.87. The molecule has 0 heterocycles. The summed E-state index contributed by atoms with van der Waals surface area (Å²) >= 11 is 0. The molecule has 0 aromatic heterocycles. The molecular formula is C9H15O3P. The third-order valence-electron chi connectivity index (χ3n) is 2.07. The molecule has 3 nitrogen and oxygen atoms in total. The summed E-state index contributed by atoms with van der Waals surface area (Å²) in [7, 11) is -4.12. The van der Waals surface area contributed by atoms with Gasteiger partial charge in [0.05, 0.1) is 5.16 Å². The smallest absolute Gasteiger partial charge is 0.324 e. The lowest BCUT2D eigenvalue weighted by atomic mass is 10.0. The summed E-state index contributed by atoms with van der Waals surface area (Å²) in [6.45, 7) is 5.01. The molecule has 0 bridgehead atoms. The highest BCUT2D eigenvalue weighted by Crippen LogP contribution is 2.54. The highest BCUT2D eigenvalue weighted by atomic mass is 31.2. The molecule has 0 saturated heterocycles. The molecule has 0 saturated carbocycles. The molecular weight excluding hydrogens is 187 g/mol. The molecule has 2 N–H and O–H groups in total. The summed E-state index contributed by atoms with van der Waals surface area (Å²) in [6.07, 6.45) is 7.71. The molecule has 0 aliphatic carbocycles. The van der Waals surface area contributed by atoms with Crippen LogP contribution in [0, 0.1) is 12.3 Å². The van der Waals surface area contributed by atoms with E-state index in [0.29, 0.717) is 12.8 Å². The quantitative estimate of drug-likeness (QED) is 0.406. The monoisotopic (exact) mass is 202 g/mol. The fourth-order valence-corrected chi connectivity index (χ4v) is 1.69. The van der Waals surface area contributed by atoms with Crippen molar-refractivity contribution in [1.29, 1.82) is 0 Å². The van der Waals surface area contributed by atoms with Crippen LogP contribution in [0.5, 0.6) is 0 Å². The van der Waals surface area contributed by atoms with Gasteiger partial charge in [0, 0.05) is 6.42 Å². The molecule has 1 atom stereocenters. The lowest BCUT2D eigenvalue weighted by molar-refractivity contribution is 0.324. The van der Waals surface area contributed by atoms with Gasteiger partial charge in [-0.05, 0) is 19.8 Å². The molecule has 0 aromatic rings. The van der Waals surface area contributed by atoms with Crippen molar-refractivity contribution in [2.24, 2.45) is 0 Å². The molecule has 0 aliphatic rings. The molecule has 1 unspecified atom stereocenters. The van der Waals surface area contributed by atoms with E-state index >= 15 is 0 Å². The van der Waals surface area contributed by atoms with Gasteiger partial charge in [-0.2, -0.15) is 0 Å². The largest absolute Gasteiger partial charge is 0.332 e. The van der Waals surface area contributed by atoms with Crippen LogP contribution < -0.4 is 0 Å². The van der Waals surface area contributed by atoms with Crippen molar-refractivity contribution in [3.8, 4) is 12.3 Å². The van der Waals surface area contributed by atoms with Crippen LogP contribution in [0.4, 0.5) is 0 Å². The number of terminal acetylenes is 1. The Hall–Kier alpha value is -0.550. The number of allylic oxidation sites excluding steroid dienone is 1. The first kappa shape index (κ1) is 12.4. The van der Waals surface area contributed by atoms with Crippen molar-refractivity contribution >= 4 is 7.60 Å². The number of hydrogen-bond acceptors (Lipinski definition) is 1. The van der Waals surface area contributed by atoms with Gasteiger partial charge in [-0.3, -0.25) is 4.57 Å². The van der Waals surface area contributed by atoms with E-state index in [0.717, 1.165) is 0 Å². The Bertz CT molecular complexity index is 261. The normalized spacial score (nSPS) is 15.8. The van der Waals surface area contributed by atoms with E-state index in [2.05, 4.69) is 12.5 Å². The van der Waals surface area contributed by atoms with Crippen molar-refractivity contribution in [3.05, 3.63) is 12.7 Å². The van der Waals surface area contributed by atoms with Gasteiger partial charge < -0.3 is 9.79 Å². The lowest BCUT2D eigenvalue weighted by Crippen LogP contribution is -2.23. The van der Waals surface area contributed by atoms with E-state index < -0.39 is 12.8 Å². The van der Waals surface area contributed by atoms with Gasteiger partial charge in [0.1, 0.15) is 0 Å². The van der Waals surface area contributed by atoms with Crippen LogP contribution in [0.15, 0.2) is 12.7 Å². The van der Waals surface area contributed by atoms with Crippen LogP contribution in [-0.4, -0.2) is 14.9 Å². The van der Waals surface area contributed by atoms with Crippen molar-refractivity contribution < 1.29 is 14.4 Å². The topological polar surface area (TPSA) is 57.5 Å². The van der Waals surface area contributed by atoms with Gasteiger partial charge in [-0.15, -0.1) is 18.9 Å². The van der Waals surface area contributed by atoms with E-state index in [1.54, 1.807) is 6.08 Å². The average molecular weight is 202 g/mol. The van der Waals surface area contributed by atoms with Crippen LogP contribution in [0.25, 0.3) is 0 Å². The number of rotatable bonds is 5. The van der Waals surface area contributed by atoms with Crippen LogP contribution in [-0.2, 0) is 4.57 Å². The highest BCUT2D eigenvalue weighted by Gasteiger charge is 2.40. The van der Waals surface area contributed by atoms with E-state index in [1.807, 2.05) is 0 Å². The van der Waals surface area contributed by atoms with Gasteiger partial charge in [0.2, 0.25) is 0 Å². The first-order valence-electron chi connectivity index (χ1n) is 3.97. The van der Waals surface area contributed by atoms with E-state index in [1.165, 1.54) is 6.92 Å². The third kappa shape index (κ3) is 3.36. The van der Waals surface area contributed by atoms with Gasteiger partial charge >= 0.3 is 7.60 Å². The molecule has 0 radical (unpaired) electrons. The SMILES string of the molecule is C#CCC(C)(CCC=C)P(=O)(O)O. The Balaban J connectivity index is 4.64. The third-order valence-corrected chi connectivity index (χ3v) is 3.86. The van der Waals surface area contributed by atoms with Crippen molar-refractivity contribution in [1.82, 2.24) is 0 Å². The minimum absolute atomic E-state index is 0.0884. The molecule has 0 rings (SSSR count). The van der Waals surface area contributed by atoms with E-state index in [-0.39, 0.29) is 6.42 Å². The fraction of sp³-hybridized carbons (Fsp3) is 0.556. The lowest BCUT2D eigenvalue weighted by Gasteiger charge is -2.27. The van der Waals surface area contributed by atoms with Crippen LogP contribution in [0.3, 0.4) is 0 Å². The zero-order valence-electron chi connectivity index (χ0n) is 7.73. The van der Waals surface area contributed by atoms with E-state index in [4.69, 9.17) is 16.2 Å². The second kappa shape index (κ2) is 4.62. The zero-order valence-corrected chi connectivity index (χ0v) is 8.63. The molecule has 13 heavy (non-hydrogen) atoms. The molecule has 0 aromatic carbocycles. The average Bonchev–Trinajstić information content (AvgIpc) is 1.99. The molecule has 0 amide bonds. The minimum atomic E-state index is -4.12. The maximum absolute atomic E-state index is 11.1. The van der Waals surface area contributed by atoms with Crippen molar-refractivity contribution in [2.75, 3.05) is 0 Å². The Labute approximate surface area is 79.0 Å². The molecule has 0 fully saturated rings. The minimum Gasteiger partial charge on any atom is -0.324 e.